The van der Waals surface area contributed by atoms with Gasteiger partial charge in [-0.3, -0.25) is 0 Å². The summed E-state index contributed by atoms with van der Waals surface area (Å²) in [7, 11) is 0.307. The number of benzene rings is 1. The zero-order chi connectivity index (χ0) is 15.0. The molecular weight excluding hydrogens is 283 g/mol. The molecule has 0 aromatic heterocycles. The van der Waals surface area contributed by atoms with E-state index in [1.54, 1.807) is 37.4 Å². The van der Waals surface area contributed by atoms with Crippen LogP contribution in [0.4, 0.5) is 0 Å². The van der Waals surface area contributed by atoms with Crippen molar-refractivity contribution < 1.29 is 0 Å². The Labute approximate surface area is 138 Å². The van der Waals surface area contributed by atoms with Crippen LogP contribution in [0.25, 0.3) is 0 Å². The molecule has 0 amide bonds. The standard InChI is InChI=1S/C21H33P/c1-4-11-19(12-5-1)13-10-18-22(20-14-6-2-7-15-20)21-16-8-3-9-17-21/h1,4-5,11-12,20-21H,2-3,6-10,13-18H2. The van der Waals surface area contributed by atoms with E-state index >= 15 is 0 Å². The summed E-state index contributed by atoms with van der Waals surface area (Å²) in [6.07, 6.45) is 19.7. The molecule has 0 nitrogen and oxygen atoms in total. The van der Waals surface area contributed by atoms with Crippen LogP contribution in [0.5, 0.6) is 0 Å². The summed E-state index contributed by atoms with van der Waals surface area (Å²) < 4.78 is 0. The Balaban J connectivity index is 1.55. The molecule has 0 radical (unpaired) electrons. The predicted octanol–water partition coefficient (Wildman–Crippen LogP) is 6.77. The molecule has 2 aliphatic carbocycles. The quantitative estimate of drug-likeness (QED) is 0.508. The molecule has 2 aliphatic rings. The number of hydrogen-bond acceptors (Lipinski definition) is 0. The van der Waals surface area contributed by atoms with Gasteiger partial charge in [0.05, 0.1) is 0 Å². The molecule has 1 aromatic carbocycles. The van der Waals surface area contributed by atoms with Gasteiger partial charge in [-0.2, -0.15) is 0 Å². The second kappa shape index (κ2) is 9.07. The molecule has 22 heavy (non-hydrogen) atoms. The van der Waals surface area contributed by atoms with Gasteiger partial charge in [-0.25, -0.2) is 0 Å². The van der Waals surface area contributed by atoms with Crippen LogP contribution in [0, 0.1) is 0 Å². The van der Waals surface area contributed by atoms with Gasteiger partial charge in [0, 0.05) is 0 Å². The molecule has 0 heterocycles. The lowest BCUT2D eigenvalue weighted by Gasteiger charge is -2.38. The van der Waals surface area contributed by atoms with Crippen molar-refractivity contribution in [2.45, 2.75) is 88.4 Å². The van der Waals surface area contributed by atoms with E-state index in [0.717, 1.165) is 11.3 Å². The van der Waals surface area contributed by atoms with Crippen LogP contribution in [-0.2, 0) is 6.42 Å². The minimum Gasteiger partial charge on any atom is -0.100 e. The summed E-state index contributed by atoms with van der Waals surface area (Å²) in [5.41, 5.74) is 3.80. The topological polar surface area (TPSA) is 0 Å². The predicted molar refractivity (Wildman–Crippen MR) is 100 cm³/mol. The molecule has 0 N–H and O–H groups in total. The van der Waals surface area contributed by atoms with Crippen molar-refractivity contribution in [3.8, 4) is 0 Å². The molecule has 0 saturated heterocycles. The largest absolute Gasteiger partial charge is 0.100 e. The summed E-state index contributed by atoms with van der Waals surface area (Å²) in [4.78, 5) is 0. The van der Waals surface area contributed by atoms with Gasteiger partial charge >= 0.3 is 0 Å². The summed E-state index contributed by atoms with van der Waals surface area (Å²) >= 11 is 0. The highest BCUT2D eigenvalue weighted by molar-refractivity contribution is 7.59. The van der Waals surface area contributed by atoms with Gasteiger partial charge in [-0.15, -0.1) is 7.92 Å². The summed E-state index contributed by atoms with van der Waals surface area (Å²) in [6, 6.07) is 11.1. The minimum atomic E-state index is 0.307. The van der Waals surface area contributed by atoms with Crippen molar-refractivity contribution in [2.24, 2.45) is 0 Å². The molecule has 1 heteroatoms. The highest BCUT2D eigenvalue weighted by Gasteiger charge is 2.30. The summed E-state index contributed by atoms with van der Waals surface area (Å²) in [5.74, 6) is 0. The maximum atomic E-state index is 2.31. The molecule has 2 saturated carbocycles. The molecule has 1 aromatic rings. The molecule has 3 rings (SSSR count). The van der Waals surface area contributed by atoms with E-state index < -0.39 is 0 Å². The highest BCUT2D eigenvalue weighted by Crippen LogP contribution is 2.56. The first-order valence-corrected chi connectivity index (χ1v) is 11.4. The first-order chi connectivity index (χ1) is 10.9. The average molecular weight is 316 g/mol. The lowest BCUT2D eigenvalue weighted by molar-refractivity contribution is 0.483. The van der Waals surface area contributed by atoms with Gasteiger partial charge in [0.1, 0.15) is 0 Å². The van der Waals surface area contributed by atoms with Crippen LogP contribution in [0.2, 0.25) is 0 Å². The molecule has 2 fully saturated rings. The van der Waals surface area contributed by atoms with Gasteiger partial charge in [0.25, 0.3) is 0 Å². The van der Waals surface area contributed by atoms with Crippen LogP contribution in [-0.4, -0.2) is 17.5 Å². The zero-order valence-corrected chi connectivity index (χ0v) is 15.1. The van der Waals surface area contributed by atoms with Crippen molar-refractivity contribution in [3.63, 3.8) is 0 Å². The zero-order valence-electron chi connectivity index (χ0n) is 14.2. The Bertz CT molecular complexity index is 383. The molecule has 0 atom stereocenters. The van der Waals surface area contributed by atoms with E-state index in [2.05, 4.69) is 30.3 Å². The van der Waals surface area contributed by atoms with Gasteiger partial charge in [-0.1, -0.05) is 68.9 Å². The van der Waals surface area contributed by atoms with Crippen LogP contribution < -0.4 is 0 Å². The minimum absolute atomic E-state index is 0.307. The number of aryl methyl sites for hydroxylation is 1. The van der Waals surface area contributed by atoms with Crippen molar-refractivity contribution in [2.75, 3.05) is 6.16 Å². The van der Waals surface area contributed by atoms with Crippen LogP contribution >= 0.6 is 7.92 Å². The summed E-state index contributed by atoms with van der Waals surface area (Å²) in [6.45, 7) is 0. The molecule has 0 aliphatic heterocycles. The fourth-order valence-electron chi connectivity index (χ4n) is 4.60. The lowest BCUT2D eigenvalue weighted by atomic mass is 9.99. The maximum absolute atomic E-state index is 2.31. The molecule has 0 bridgehead atoms. The first kappa shape index (κ1) is 16.5. The van der Waals surface area contributed by atoms with Crippen molar-refractivity contribution in [3.05, 3.63) is 35.9 Å². The van der Waals surface area contributed by atoms with Crippen molar-refractivity contribution in [1.82, 2.24) is 0 Å². The van der Waals surface area contributed by atoms with E-state index in [0.29, 0.717) is 7.92 Å². The van der Waals surface area contributed by atoms with E-state index in [4.69, 9.17) is 0 Å². The SMILES string of the molecule is c1ccc(CCCP(C2CCCCC2)C2CCCCC2)cc1. The summed E-state index contributed by atoms with van der Waals surface area (Å²) in [5, 5.41) is 0. The second-order valence-electron chi connectivity index (χ2n) is 7.41. The number of rotatable bonds is 6. The second-order valence-corrected chi connectivity index (χ2v) is 10.3. The van der Waals surface area contributed by atoms with E-state index in [9.17, 15) is 0 Å². The Morgan fingerprint density at radius 3 is 1.82 bits per heavy atom. The van der Waals surface area contributed by atoms with Crippen molar-refractivity contribution >= 4 is 7.92 Å². The molecule has 0 unspecified atom stereocenters. The first-order valence-electron chi connectivity index (χ1n) is 9.73. The number of hydrogen-bond donors (Lipinski definition) is 0. The monoisotopic (exact) mass is 316 g/mol. The third kappa shape index (κ3) is 4.82. The van der Waals surface area contributed by atoms with Gasteiger partial charge in [0.15, 0.2) is 0 Å². The van der Waals surface area contributed by atoms with Crippen molar-refractivity contribution in [1.29, 1.82) is 0 Å². The van der Waals surface area contributed by atoms with Gasteiger partial charge in [0.2, 0.25) is 0 Å². The van der Waals surface area contributed by atoms with E-state index in [-0.39, 0.29) is 0 Å². The lowest BCUT2D eigenvalue weighted by Crippen LogP contribution is -2.22. The van der Waals surface area contributed by atoms with Crippen LogP contribution in [0.1, 0.15) is 76.2 Å². The highest BCUT2D eigenvalue weighted by atomic mass is 31.1. The molecule has 0 spiro atoms. The third-order valence-corrected chi connectivity index (χ3v) is 9.55. The van der Waals surface area contributed by atoms with Crippen LogP contribution in [0.3, 0.4) is 0 Å². The molecule has 122 valence electrons. The van der Waals surface area contributed by atoms with Gasteiger partial charge in [-0.05, 0) is 61.6 Å². The Morgan fingerprint density at radius 1 is 0.727 bits per heavy atom. The van der Waals surface area contributed by atoms with Crippen LogP contribution in [0.15, 0.2) is 30.3 Å². The fourth-order valence-corrected chi connectivity index (χ4v) is 8.51. The molecular formula is C21H33P. The Morgan fingerprint density at radius 2 is 1.27 bits per heavy atom. The van der Waals surface area contributed by atoms with Gasteiger partial charge < -0.3 is 0 Å². The fraction of sp³-hybridized carbons (Fsp3) is 0.714. The Kier molecular flexibility index (Phi) is 6.80. The normalized spacial score (nSPS) is 21.3. The smallest absolute Gasteiger partial charge is 0.0207 e. The van der Waals surface area contributed by atoms with E-state index in [1.165, 1.54) is 51.4 Å². The van der Waals surface area contributed by atoms with E-state index in [1.807, 2.05) is 0 Å². The maximum Gasteiger partial charge on any atom is -0.0207 e. The third-order valence-electron chi connectivity index (χ3n) is 5.81. The Hall–Kier alpha value is -0.350. The average Bonchev–Trinajstić information content (AvgIpc) is 2.61.